The van der Waals surface area contributed by atoms with Gasteiger partial charge < -0.3 is 10.1 Å². The van der Waals surface area contributed by atoms with Crippen LogP contribution in [-0.4, -0.2) is 44.9 Å². The lowest BCUT2D eigenvalue weighted by Gasteiger charge is -2.28. The molecular formula is C26H30N4O2S2. The molecule has 6 nitrogen and oxygen atoms in total. The van der Waals surface area contributed by atoms with Gasteiger partial charge in [0.15, 0.2) is 0 Å². The van der Waals surface area contributed by atoms with E-state index in [1.165, 1.54) is 22.5 Å². The Morgan fingerprint density at radius 2 is 2.09 bits per heavy atom. The Balaban J connectivity index is 1.60. The second kappa shape index (κ2) is 10.3. The molecule has 178 valence electrons. The first-order valence-corrected chi connectivity index (χ1v) is 14.6. The third-order valence-corrected chi connectivity index (χ3v) is 7.87. The Morgan fingerprint density at radius 3 is 2.82 bits per heavy atom. The third kappa shape index (κ3) is 5.66. The van der Waals surface area contributed by atoms with Crippen molar-refractivity contribution in [1.29, 1.82) is 5.26 Å². The molecule has 0 saturated heterocycles. The molecule has 0 bridgehead atoms. The first kappa shape index (κ1) is 24.4. The van der Waals surface area contributed by atoms with E-state index in [-0.39, 0.29) is 12.1 Å². The van der Waals surface area contributed by atoms with E-state index in [0.717, 1.165) is 40.4 Å². The lowest BCUT2D eigenvalue weighted by Crippen LogP contribution is -2.29. The topological polar surface area (TPSA) is 87.9 Å². The van der Waals surface area contributed by atoms with Crippen molar-refractivity contribution in [3.8, 4) is 33.0 Å². The molecule has 1 unspecified atom stereocenters. The summed E-state index contributed by atoms with van der Waals surface area (Å²) in [5, 5.41) is 23.7. The predicted molar refractivity (Wildman–Crippen MR) is 141 cm³/mol. The normalized spacial score (nSPS) is 17.1. The SMILES string of the molecule is C=S(C)(=O)CCN[C@@H]1CCCc2c(-c3nnc(-c4ccc(OC(C)C)c(C#N)c4)s3)cccc21. The van der Waals surface area contributed by atoms with Crippen LogP contribution in [0.4, 0.5) is 0 Å². The Morgan fingerprint density at radius 1 is 1.29 bits per heavy atom. The molecule has 34 heavy (non-hydrogen) atoms. The average Bonchev–Trinajstić information content (AvgIpc) is 3.28. The fourth-order valence-corrected chi connectivity index (χ4v) is 5.71. The molecule has 0 saturated carbocycles. The van der Waals surface area contributed by atoms with Crippen LogP contribution >= 0.6 is 11.3 Å². The van der Waals surface area contributed by atoms with Gasteiger partial charge in [-0.3, -0.25) is 4.21 Å². The van der Waals surface area contributed by atoms with Crippen molar-refractivity contribution in [2.75, 3.05) is 18.6 Å². The molecule has 0 radical (unpaired) electrons. The highest BCUT2D eigenvalue weighted by Crippen LogP contribution is 2.39. The van der Waals surface area contributed by atoms with Gasteiger partial charge in [-0.2, -0.15) is 5.26 Å². The van der Waals surface area contributed by atoms with Crippen LogP contribution in [0.3, 0.4) is 0 Å². The summed E-state index contributed by atoms with van der Waals surface area (Å²) in [4.78, 5) is 0. The molecular weight excluding hydrogens is 464 g/mol. The zero-order valence-electron chi connectivity index (χ0n) is 19.8. The number of benzene rings is 2. The molecule has 0 fully saturated rings. The predicted octanol–water partition coefficient (Wildman–Crippen LogP) is 4.84. The zero-order valence-corrected chi connectivity index (χ0v) is 21.5. The van der Waals surface area contributed by atoms with E-state index in [0.29, 0.717) is 23.6 Å². The van der Waals surface area contributed by atoms with Crippen molar-refractivity contribution in [3.63, 3.8) is 0 Å². The summed E-state index contributed by atoms with van der Waals surface area (Å²) in [6, 6.07) is 14.4. The minimum Gasteiger partial charge on any atom is -0.490 e. The monoisotopic (exact) mass is 494 g/mol. The average molecular weight is 495 g/mol. The van der Waals surface area contributed by atoms with Crippen molar-refractivity contribution in [1.82, 2.24) is 15.5 Å². The lowest BCUT2D eigenvalue weighted by molar-refractivity contribution is 0.242. The van der Waals surface area contributed by atoms with E-state index in [9.17, 15) is 9.47 Å². The largest absolute Gasteiger partial charge is 0.490 e. The van der Waals surface area contributed by atoms with Crippen molar-refractivity contribution < 1.29 is 8.95 Å². The van der Waals surface area contributed by atoms with Crippen molar-refractivity contribution in [3.05, 3.63) is 53.1 Å². The number of nitrogens with zero attached hydrogens (tertiary/aromatic N) is 3. The molecule has 1 N–H and O–H groups in total. The van der Waals surface area contributed by atoms with Crippen LogP contribution in [0.25, 0.3) is 21.1 Å². The van der Waals surface area contributed by atoms with Gasteiger partial charge in [0.05, 0.1) is 11.7 Å². The van der Waals surface area contributed by atoms with Crippen LogP contribution in [-0.2, 0) is 15.9 Å². The first-order valence-electron chi connectivity index (χ1n) is 11.5. The molecule has 0 amide bonds. The summed E-state index contributed by atoms with van der Waals surface area (Å²) < 4.78 is 17.7. The maximum absolute atomic E-state index is 11.9. The van der Waals surface area contributed by atoms with Gasteiger partial charge in [0.25, 0.3) is 0 Å². The quantitative estimate of drug-likeness (QED) is 0.451. The number of rotatable bonds is 8. The van der Waals surface area contributed by atoms with E-state index < -0.39 is 9.52 Å². The van der Waals surface area contributed by atoms with Gasteiger partial charge in [0.2, 0.25) is 0 Å². The van der Waals surface area contributed by atoms with Gasteiger partial charge >= 0.3 is 0 Å². The highest BCUT2D eigenvalue weighted by Gasteiger charge is 2.24. The summed E-state index contributed by atoms with van der Waals surface area (Å²) in [7, 11) is -2.00. The van der Waals surface area contributed by atoms with Crippen molar-refractivity contribution >= 4 is 26.7 Å². The maximum atomic E-state index is 11.9. The molecule has 4 rings (SSSR count). The number of fused-ring (bicyclic) bond motifs is 1. The minimum atomic E-state index is -2.00. The Bertz CT molecular complexity index is 1320. The Hall–Kier alpha value is -2.73. The van der Waals surface area contributed by atoms with E-state index in [1.807, 2.05) is 32.0 Å². The van der Waals surface area contributed by atoms with Crippen LogP contribution in [0, 0.1) is 11.3 Å². The van der Waals surface area contributed by atoms with Crippen LogP contribution in [0.2, 0.25) is 0 Å². The highest BCUT2D eigenvalue weighted by molar-refractivity contribution is 7.99. The number of nitriles is 1. The van der Waals surface area contributed by atoms with E-state index in [4.69, 9.17) is 4.74 Å². The van der Waals surface area contributed by atoms with E-state index in [1.54, 1.807) is 6.26 Å². The van der Waals surface area contributed by atoms with Crippen LogP contribution < -0.4 is 10.1 Å². The fraction of sp³-hybridized carbons (Fsp3) is 0.385. The van der Waals surface area contributed by atoms with Gasteiger partial charge in [-0.05, 0) is 77.8 Å². The summed E-state index contributed by atoms with van der Waals surface area (Å²) in [5.41, 5.74) is 5.06. The Labute approximate surface area is 206 Å². The highest BCUT2D eigenvalue weighted by atomic mass is 32.2. The third-order valence-electron chi connectivity index (χ3n) is 5.80. The van der Waals surface area contributed by atoms with Crippen LogP contribution in [0.15, 0.2) is 36.4 Å². The number of hydrogen-bond donors (Lipinski definition) is 1. The summed E-state index contributed by atoms with van der Waals surface area (Å²) >= 11 is 1.53. The molecule has 1 aliphatic rings. The minimum absolute atomic E-state index is 0.00152. The standard InChI is InChI=1S/C26H30N4O2S2/c1-17(2)32-24-12-11-18(15-19(24)16-27)25-29-30-26(33-25)22-9-5-8-21-20(22)7-6-10-23(21)28-13-14-34(3,4)31/h5,8-9,11-12,15,17,23,28H,3,6-7,10,13-14H2,1-2,4H3/t23-,34?/m1/s1. The molecule has 1 aromatic heterocycles. The summed E-state index contributed by atoms with van der Waals surface area (Å²) in [6.45, 7) is 4.57. The first-order chi connectivity index (χ1) is 16.2. The van der Waals surface area contributed by atoms with Gasteiger partial charge in [-0.15, -0.1) is 10.2 Å². The number of ether oxygens (including phenoxy) is 1. The lowest BCUT2D eigenvalue weighted by atomic mass is 9.85. The second-order valence-corrected chi connectivity index (χ2v) is 12.8. The van der Waals surface area contributed by atoms with Crippen molar-refractivity contribution in [2.45, 2.75) is 45.3 Å². The number of hydrogen-bond acceptors (Lipinski definition) is 7. The second-order valence-electron chi connectivity index (χ2n) is 9.06. The number of nitrogens with one attached hydrogen (secondary N) is 1. The molecule has 1 heterocycles. The molecule has 0 aliphatic heterocycles. The fourth-order valence-electron chi connectivity index (χ4n) is 4.27. The Kier molecular flexibility index (Phi) is 7.36. The van der Waals surface area contributed by atoms with Gasteiger partial charge in [0, 0.05) is 35.7 Å². The van der Waals surface area contributed by atoms with Gasteiger partial charge in [-0.25, -0.2) is 0 Å². The zero-order chi connectivity index (χ0) is 24.3. The molecule has 3 aromatic rings. The smallest absolute Gasteiger partial charge is 0.148 e. The molecule has 0 spiro atoms. The number of aromatic nitrogens is 2. The van der Waals surface area contributed by atoms with Crippen molar-refractivity contribution in [2.24, 2.45) is 0 Å². The molecule has 2 atom stereocenters. The van der Waals surface area contributed by atoms with Crippen LogP contribution in [0.5, 0.6) is 5.75 Å². The van der Waals surface area contributed by atoms with Gasteiger partial charge in [-0.1, -0.05) is 29.5 Å². The molecule has 1 aliphatic carbocycles. The summed E-state index contributed by atoms with van der Waals surface area (Å²) in [5.74, 6) is 4.91. The molecule has 2 aromatic carbocycles. The van der Waals surface area contributed by atoms with Crippen LogP contribution in [0.1, 0.15) is 49.4 Å². The van der Waals surface area contributed by atoms with E-state index in [2.05, 4.69) is 45.7 Å². The maximum Gasteiger partial charge on any atom is 0.148 e. The molecule has 8 heteroatoms. The van der Waals surface area contributed by atoms with E-state index >= 15 is 0 Å². The van der Waals surface area contributed by atoms with Gasteiger partial charge in [0.1, 0.15) is 21.8 Å². The summed E-state index contributed by atoms with van der Waals surface area (Å²) in [6.07, 6.45) is 4.85.